The molecule has 0 bridgehead atoms. The van der Waals surface area contributed by atoms with E-state index in [2.05, 4.69) is 15.3 Å². The molecule has 2 aromatic heterocycles. The molecule has 0 saturated carbocycles. The molecule has 0 fully saturated rings. The number of rotatable bonds is 6. The van der Waals surface area contributed by atoms with Crippen LogP contribution in [0.15, 0.2) is 29.2 Å². The van der Waals surface area contributed by atoms with Crippen molar-refractivity contribution in [3.63, 3.8) is 0 Å². The van der Waals surface area contributed by atoms with Crippen LogP contribution in [0.4, 0.5) is 24.8 Å². The van der Waals surface area contributed by atoms with Crippen LogP contribution in [0.5, 0.6) is 0 Å². The lowest BCUT2D eigenvalue weighted by Crippen LogP contribution is -2.22. The number of aromatic nitrogens is 3. The Hall–Kier alpha value is -3.24. The summed E-state index contributed by atoms with van der Waals surface area (Å²) in [5.41, 5.74) is 3.28. The van der Waals surface area contributed by atoms with E-state index in [0.29, 0.717) is 0 Å². The summed E-state index contributed by atoms with van der Waals surface area (Å²) in [6.07, 6.45) is 1.55. The van der Waals surface area contributed by atoms with Gasteiger partial charge in [0.25, 0.3) is 5.56 Å². The van der Waals surface area contributed by atoms with Crippen LogP contribution in [0.25, 0.3) is 10.2 Å². The zero-order valence-corrected chi connectivity index (χ0v) is 19.0. The van der Waals surface area contributed by atoms with Gasteiger partial charge < -0.3 is 15.0 Å². The van der Waals surface area contributed by atoms with Crippen molar-refractivity contribution in [1.29, 1.82) is 0 Å². The SMILES string of the molecule is Cc1nc2cc(C)c(Nc3nc(=O)c(CCO)cn3Cc3cc(F)c(F)c(F)c3)c(C)c2s1. The monoisotopic (exact) mass is 474 g/mol. The molecule has 0 unspecified atom stereocenters. The van der Waals surface area contributed by atoms with Crippen LogP contribution < -0.4 is 10.9 Å². The Morgan fingerprint density at radius 2 is 1.79 bits per heavy atom. The van der Waals surface area contributed by atoms with Crippen molar-refractivity contribution in [2.24, 2.45) is 0 Å². The summed E-state index contributed by atoms with van der Waals surface area (Å²) >= 11 is 1.55. The molecule has 0 aliphatic heterocycles. The summed E-state index contributed by atoms with van der Waals surface area (Å²) < 4.78 is 43.4. The van der Waals surface area contributed by atoms with Gasteiger partial charge in [0, 0.05) is 30.5 Å². The molecule has 0 spiro atoms. The third-order valence-electron chi connectivity index (χ3n) is 5.30. The first kappa shape index (κ1) is 22.9. The minimum Gasteiger partial charge on any atom is -0.396 e. The molecule has 0 aliphatic rings. The third-order valence-corrected chi connectivity index (χ3v) is 6.41. The lowest BCUT2D eigenvalue weighted by molar-refractivity contribution is 0.298. The third kappa shape index (κ3) is 4.49. The maximum Gasteiger partial charge on any atom is 0.277 e. The Kier molecular flexibility index (Phi) is 6.22. The fraction of sp³-hybridized carbons (Fsp3) is 0.261. The van der Waals surface area contributed by atoms with E-state index < -0.39 is 23.0 Å². The highest BCUT2D eigenvalue weighted by Gasteiger charge is 2.17. The van der Waals surface area contributed by atoms with E-state index in [1.54, 1.807) is 11.3 Å². The smallest absolute Gasteiger partial charge is 0.277 e. The Morgan fingerprint density at radius 1 is 1.09 bits per heavy atom. The number of anilines is 2. The van der Waals surface area contributed by atoms with Crippen molar-refractivity contribution in [3.8, 4) is 0 Å². The Labute approximate surface area is 191 Å². The van der Waals surface area contributed by atoms with Crippen molar-refractivity contribution >= 4 is 33.2 Å². The van der Waals surface area contributed by atoms with E-state index in [1.807, 2.05) is 26.8 Å². The van der Waals surface area contributed by atoms with Crippen molar-refractivity contribution in [1.82, 2.24) is 14.5 Å². The normalized spacial score (nSPS) is 11.4. The number of halogens is 3. The van der Waals surface area contributed by atoms with Gasteiger partial charge in [-0.05, 0) is 55.7 Å². The van der Waals surface area contributed by atoms with Gasteiger partial charge in [0.2, 0.25) is 5.95 Å². The van der Waals surface area contributed by atoms with Gasteiger partial charge in [-0.2, -0.15) is 4.98 Å². The van der Waals surface area contributed by atoms with Crippen LogP contribution in [0, 0.1) is 38.2 Å². The van der Waals surface area contributed by atoms with Crippen molar-refractivity contribution in [2.45, 2.75) is 33.7 Å². The standard InChI is InChI=1S/C23H21F3N4O2S/c1-11-6-18-21(33-13(3)27-18)12(2)20(11)28-23-29-22(32)15(4-5-31)10-30(23)9-14-7-16(24)19(26)17(25)8-14/h6-8,10,31H,4-5,9H2,1-3H3,(H,28,29,32). The van der Waals surface area contributed by atoms with Gasteiger partial charge in [0.05, 0.1) is 21.8 Å². The van der Waals surface area contributed by atoms with E-state index in [0.717, 1.165) is 44.2 Å². The highest BCUT2D eigenvalue weighted by molar-refractivity contribution is 7.18. The molecule has 4 rings (SSSR count). The summed E-state index contributed by atoms with van der Waals surface area (Å²) in [7, 11) is 0. The molecule has 0 amide bonds. The lowest BCUT2D eigenvalue weighted by Gasteiger charge is -2.18. The van der Waals surface area contributed by atoms with Gasteiger partial charge in [0.15, 0.2) is 17.5 Å². The quantitative estimate of drug-likeness (QED) is 0.402. The molecule has 33 heavy (non-hydrogen) atoms. The molecule has 2 N–H and O–H groups in total. The molecular formula is C23H21F3N4O2S. The van der Waals surface area contributed by atoms with Crippen LogP contribution >= 0.6 is 11.3 Å². The highest BCUT2D eigenvalue weighted by atomic mass is 32.1. The van der Waals surface area contributed by atoms with Gasteiger partial charge >= 0.3 is 0 Å². The van der Waals surface area contributed by atoms with Gasteiger partial charge in [-0.1, -0.05) is 0 Å². The van der Waals surface area contributed by atoms with Gasteiger partial charge in [-0.25, -0.2) is 18.2 Å². The Balaban J connectivity index is 1.82. The average molecular weight is 475 g/mol. The number of hydrogen-bond donors (Lipinski definition) is 2. The molecule has 4 aromatic rings. The van der Waals surface area contributed by atoms with E-state index in [9.17, 15) is 23.1 Å². The average Bonchev–Trinajstić information content (AvgIpc) is 3.12. The number of benzene rings is 2. The number of aliphatic hydroxyl groups is 1. The van der Waals surface area contributed by atoms with E-state index >= 15 is 0 Å². The highest BCUT2D eigenvalue weighted by Crippen LogP contribution is 2.34. The van der Waals surface area contributed by atoms with Gasteiger partial charge in [-0.3, -0.25) is 4.79 Å². The van der Waals surface area contributed by atoms with Crippen LogP contribution in [-0.4, -0.2) is 26.2 Å². The van der Waals surface area contributed by atoms with E-state index in [-0.39, 0.29) is 36.6 Å². The van der Waals surface area contributed by atoms with Gasteiger partial charge in [-0.15, -0.1) is 11.3 Å². The molecule has 2 heterocycles. The van der Waals surface area contributed by atoms with Crippen LogP contribution in [-0.2, 0) is 13.0 Å². The largest absolute Gasteiger partial charge is 0.396 e. The fourth-order valence-corrected chi connectivity index (χ4v) is 4.65. The summed E-state index contributed by atoms with van der Waals surface area (Å²) in [5, 5.41) is 13.4. The molecule has 172 valence electrons. The minimum atomic E-state index is -1.55. The zero-order chi connectivity index (χ0) is 23.9. The first-order valence-corrected chi connectivity index (χ1v) is 11.0. The predicted octanol–water partition coefficient (Wildman–Crippen LogP) is 4.52. The van der Waals surface area contributed by atoms with Crippen molar-refractivity contribution in [3.05, 3.63) is 79.5 Å². The predicted molar refractivity (Wildman–Crippen MR) is 122 cm³/mol. The molecule has 0 radical (unpaired) electrons. The number of thiazole rings is 1. The molecule has 10 heteroatoms. The Bertz CT molecular complexity index is 1410. The molecule has 0 saturated heterocycles. The summed E-state index contributed by atoms with van der Waals surface area (Å²) in [5.74, 6) is -4.00. The van der Waals surface area contributed by atoms with Crippen LogP contribution in [0.3, 0.4) is 0 Å². The van der Waals surface area contributed by atoms with Crippen LogP contribution in [0.2, 0.25) is 0 Å². The molecule has 6 nitrogen and oxygen atoms in total. The fourth-order valence-electron chi connectivity index (χ4n) is 3.75. The molecule has 2 aromatic carbocycles. The Morgan fingerprint density at radius 3 is 2.45 bits per heavy atom. The zero-order valence-electron chi connectivity index (χ0n) is 18.2. The topological polar surface area (TPSA) is 80.0 Å². The molecule has 0 atom stereocenters. The first-order valence-electron chi connectivity index (χ1n) is 10.2. The summed E-state index contributed by atoms with van der Waals surface area (Å²) in [4.78, 5) is 21.2. The van der Waals surface area contributed by atoms with Crippen LogP contribution in [0.1, 0.15) is 27.3 Å². The maximum atomic E-state index is 13.8. The number of nitrogens with zero attached hydrogens (tertiary/aromatic N) is 3. The van der Waals surface area contributed by atoms with Gasteiger partial charge in [0.1, 0.15) is 0 Å². The number of aliphatic hydroxyl groups excluding tert-OH is 1. The summed E-state index contributed by atoms with van der Waals surface area (Å²) in [6.45, 7) is 5.41. The van der Waals surface area contributed by atoms with E-state index in [1.165, 1.54) is 10.8 Å². The van der Waals surface area contributed by atoms with Crippen molar-refractivity contribution < 1.29 is 18.3 Å². The second kappa shape index (κ2) is 8.95. The maximum absolute atomic E-state index is 13.8. The number of nitrogens with one attached hydrogen (secondary N) is 1. The second-order valence-electron chi connectivity index (χ2n) is 7.77. The second-order valence-corrected chi connectivity index (χ2v) is 8.97. The lowest BCUT2D eigenvalue weighted by atomic mass is 10.1. The minimum absolute atomic E-state index is 0.0718. The van der Waals surface area contributed by atoms with Crippen molar-refractivity contribution in [2.75, 3.05) is 11.9 Å². The number of fused-ring (bicyclic) bond motifs is 1. The number of aryl methyl sites for hydroxylation is 3. The molecule has 0 aliphatic carbocycles. The first-order chi connectivity index (χ1) is 15.7. The number of hydrogen-bond acceptors (Lipinski definition) is 6. The molecular weight excluding hydrogens is 453 g/mol. The van der Waals surface area contributed by atoms with E-state index in [4.69, 9.17) is 0 Å². The summed E-state index contributed by atoms with van der Waals surface area (Å²) in [6, 6.07) is 3.73.